The van der Waals surface area contributed by atoms with E-state index in [-0.39, 0.29) is 16.2 Å². The minimum atomic E-state index is -0.233. The zero-order chi connectivity index (χ0) is 32.4. The first-order chi connectivity index (χ1) is 22.2. The summed E-state index contributed by atoms with van der Waals surface area (Å²) in [6, 6.07) is 29.2. The molecule has 1 saturated carbocycles. The molecule has 3 aliphatic rings. The van der Waals surface area contributed by atoms with Crippen LogP contribution in [0.3, 0.4) is 0 Å². The Bertz CT molecular complexity index is 1730. The third kappa shape index (κ3) is 6.98. The summed E-state index contributed by atoms with van der Waals surface area (Å²) in [4.78, 5) is 5.29. The average molecular weight is 714 g/mol. The summed E-state index contributed by atoms with van der Waals surface area (Å²) in [5, 5.41) is 0. The van der Waals surface area contributed by atoms with E-state index in [0.717, 1.165) is 18.7 Å². The average Bonchev–Trinajstić information content (AvgIpc) is 3.59. The quantitative estimate of drug-likeness (QED) is 0.154. The Morgan fingerprint density at radius 3 is 1.57 bits per heavy atom. The number of allylic oxidation sites excluding steroid dienone is 1. The van der Waals surface area contributed by atoms with Gasteiger partial charge in [-0.25, -0.2) is 0 Å². The van der Waals surface area contributed by atoms with Gasteiger partial charge in [-0.3, -0.25) is 0 Å². The Morgan fingerprint density at radius 1 is 0.609 bits per heavy atom. The van der Waals surface area contributed by atoms with E-state index in [9.17, 15) is 0 Å². The zero-order valence-electron chi connectivity index (χ0n) is 28.4. The molecule has 0 aromatic heterocycles. The number of fused-ring (bicyclic) bond motifs is 1. The Balaban J connectivity index is 0.000000471. The van der Waals surface area contributed by atoms with Gasteiger partial charge in [0.1, 0.15) is 0 Å². The smallest absolute Gasteiger partial charge is 0.0264 e. The van der Waals surface area contributed by atoms with Crippen LogP contribution in [0.25, 0.3) is 5.57 Å². The first kappa shape index (κ1) is 32.9. The maximum Gasteiger partial charge on any atom is -0.0264 e. The molecule has 0 bridgehead atoms. The van der Waals surface area contributed by atoms with E-state index in [1.54, 1.807) is 0 Å². The summed E-state index contributed by atoms with van der Waals surface area (Å²) in [5.74, 6) is 0. The molecule has 4 heteroatoms. The predicted molar refractivity (Wildman–Crippen MR) is 202 cm³/mol. The van der Waals surface area contributed by atoms with Crippen molar-refractivity contribution in [2.24, 2.45) is 0 Å². The minimum Gasteiger partial charge on any atom is -0.134 e. The first-order valence-corrected chi connectivity index (χ1v) is 19.3. The fourth-order valence-corrected chi connectivity index (χ4v) is 10.7. The molecule has 2 fully saturated rings. The van der Waals surface area contributed by atoms with Gasteiger partial charge in [0, 0.05) is 0 Å². The Hall–Kier alpha value is -2.99. The third-order valence-corrected chi connectivity index (χ3v) is 12.6. The summed E-state index contributed by atoms with van der Waals surface area (Å²) in [6.45, 7) is 15.5. The van der Waals surface area contributed by atoms with Crippen LogP contribution in [0.15, 0.2) is 84.9 Å². The van der Waals surface area contributed by atoms with Gasteiger partial charge >= 0.3 is 241 Å². The zero-order valence-corrected chi connectivity index (χ0v) is 31.3. The number of aryl methyl sites for hydroxylation is 6. The van der Waals surface area contributed by atoms with Crippen LogP contribution in [-0.4, -0.2) is 27.2 Å². The molecule has 1 atom stereocenters. The second-order valence-electron chi connectivity index (χ2n) is 13.3. The second kappa shape index (κ2) is 14.4. The van der Waals surface area contributed by atoms with Crippen LogP contribution in [0.4, 0.5) is 11.4 Å². The molecule has 7 rings (SSSR count). The molecule has 1 saturated heterocycles. The van der Waals surface area contributed by atoms with Gasteiger partial charge in [0.15, 0.2) is 0 Å². The summed E-state index contributed by atoms with van der Waals surface area (Å²) in [7, 11) is 2.91. The third-order valence-electron chi connectivity index (χ3n) is 9.43. The number of hydrogen-bond donors (Lipinski definition) is 0. The van der Waals surface area contributed by atoms with Crippen LogP contribution in [-0.2, 0) is 16.2 Å². The van der Waals surface area contributed by atoms with E-state index in [2.05, 4.69) is 146 Å². The predicted octanol–water partition coefficient (Wildman–Crippen LogP) is 9.89. The molecule has 4 aromatic carbocycles. The second-order valence-corrected chi connectivity index (χ2v) is 16.4. The van der Waals surface area contributed by atoms with Crippen LogP contribution in [0.5, 0.6) is 0 Å². The van der Waals surface area contributed by atoms with E-state index < -0.39 is 0 Å². The number of rotatable bonds is 3. The summed E-state index contributed by atoms with van der Waals surface area (Å²) < 4.78 is 2.94. The molecule has 1 unspecified atom stereocenters. The number of anilines is 2. The van der Waals surface area contributed by atoms with Gasteiger partial charge in [0.2, 0.25) is 0 Å². The SMILES string of the molecule is Cc1cc(C)c(N2CCN(c3c(C)cc(C)cc3C)[C]2=[Ru]=[C]2C=C(c3ccccc3)c3ccccc32)c(C)c1.PC1CCCCC1. The van der Waals surface area contributed by atoms with E-state index in [1.165, 1.54) is 108 Å². The van der Waals surface area contributed by atoms with E-state index in [0.29, 0.717) is 0 Å². The normalized spacial score (nSPS) is 16.4. The van der Waals surface area contributed by atoms with Crippen LogP contribution in [0.1, 0.15) is 82.2 Å². The minimum absolute atomic E-state index is 0.233. The molecule has 0 amide bonds. The fourth-order valence-electron chi connectivity index (χ4n) is 7.57. The van der Waals surface area contributed by atoms with E-state index in [4.69, 9.17) is 0 Å². The van der Waals surface area contributed by atoms with Crippen molar-refractivity contribution in [1.82, 2.24) is 0 Å². The molecule has 1 heterocycles. The molecule has 0 N–H and O–H groups in total. The Labute approximate surface area is 286 Å². The van der Waals surface area contributed by atoms with Crippen molar-refractivity contribution in [3.05, 3.63) is 135 Å². The van der Waals surface area contributed by atoms with E-state index >= 15 is 0 Å². The van der Waals surface area contributed by atoms with Gasteiger partial charge in [0.25, 0.3) is 0 Å². The van der Waals surface area contributed by atoms with Crippen LogP contribution in [0, 0.1) is 41.5 Å². The molecular formula is C42H49N2PRu. The van der Waals surface area contributed by atoms with Crippen molar-refractivity contribution < 1.29 is 16.2 Å². The maximum atomic E-state index is 2.91. The van der Waals surface area contributed by atoms with Crippen molar-refractivity contribution in [3.63, 3.8) is 0 Å². The topological polar surface area (TPSA) is 6.48 Å². The Kier molecular flexibility index (Phi) is 10.3. The van der Waals surface area contributed by atoms with Crippen LogP contribution >= 0.6 is 9.24 Å². The van der Waals surface area contributed by atoms with Gasteiger partial charge in [-0.05, 0) is 18.5 Å². The van der Waals surface area contributed by atoms with Crippen molar-refractivity contribution in [3.8, 4) is 0 Å². The largest absolute Gasteiger partial charge is 0.134 e. The van der Waals surface area contributed by atoms with Crippen LogP contribution < -0.4 is 9.80 Å². The molecule has 0 spiro atoms. The molecular weight excluding hydrogens is 665 g/mol. The molecule has 46 heavy (non-hydrogen) atoms. The molecule has 2 nitrogen and oxygen atoms in total. The van der Waals surface area contributed by atoms with Crippen molar-refractivity contribution in [2.75, 3.05) is 22.9 Å². The summed E-state index contributed by atoms with van der Waals surface area (Å²) in [5.41, 5.74) is 17.2. The van der Waals surface area contributed by atoms with Gasteiger partial charge in [-0.15, -0.1) is 9.24 Å². The Morgan fingerprint density at radius 2 is 1.09 bits per heavy atom. The summed E-state index contributed by atoms with van der Waals surface area (Å²) >= 11 is -0.233. The number of benzene rings is 4. The molecule has 1 aliphatic heterocycles. The van der Waals surface area contributed by atoms with E-state index in [1.807, 2.05) is 0 Å². The van der Waals surface area contributed by atoms with Crippen molar-refractivity contribution in [2.45, 2.75) is 79.3 Å². The number of hydrogen-bond acceptors (Lipinski definition) is 2. The van der Waals surface area contributed by atoms with Gasteiger partial charge in [-0.1, -0.05) is 19.3 Å². The molecule has 4 aromatic rings. The van der Waals surface area contributed by atoms with Crippen LogP contribution in [0.2, 0.25) is 0 Å². The number of nitrogens with zero attached hydrogens (tertiary/aromatic N) is 2. The van der Waals surface area contributed by atoms with Crippen molar-refractivity contribution >= 4 is 34.6 Å². The molecule has 240 valence electrons. The van der Waals surface area contributed by atoms with Gasteiger partial charge in [0.05, 0.1) is 0 Å². The first-order valence-electron chi connectivity index (χ1n) is 16.9. The molecule has 2 aliphatic carbocycles. The van der Waals surface area contributed by atoms with Gasteiger partial charge in [-0.2, -0.15) is 0 Å². The molecule has 0 radical (unpaired) electrons. The fraction of sp³-hybridized carbons (Fsp3) is 0.333. The van der Waals surface area contributed by atoms with Gasteiger partial charge < -0.3 is 0 Å². The monoisotopic (exact) mass is 714 g/mol. The summed E-state index contributed by atoms with van der Waals surface area (Å²) in [6.07, 6.45) is 9.78. The maximum absolute atomic E-state index is 2.91. The standard InChI is InChI=1S/C21H26N2.C15H10.C6H13P.Ru/c1-14-9-16(3)20(17(4)10-14)22-7-8-23(13-22)21-18(5)11-15(2)12-19(21)6;1-2-6-12(7-3-1)15-11-10-13-8-4-5-9-14(13)15;7-6-4-2-1-3-5-6;/h9-12H,7-8H2,1-6H3;1-9,11H;6H,1-5,7H2;. The van der Waals surface area contributed by atoms with Crippen molar-refractivity contribution in [1.29, 1.82) is 0 Å².